The van der Waals surface area contributed by atoms with Crippen LogP contribution in [0.25, 0.3) is 10.6 Å². The summed E-state index contributed by atoms with van der Waals surface area (Å²) in [5, 5.41) is 2.66. The van der Waals surface area contributed by atoms with E-state index in [0.29, 0.717) is 11.3 Å². The zero-order chi connectivity index (χ0) is 11.5. The molecule has 1 aromatic heterocycles. The molecule has 0 amide bonds. The van der Waals surface area contributed by atoms with E-state index in [4.69, 9.17) is 5.73 Å². The number of aromatic nitrogens is 1. The van der Waals surface area contributed by atoms with E-state index in [1.54, 1.807) is 24.4 Å². The summed E-state index contributed by atoms with van der Waals surface area (Å²) in [5.41, 5.74) is 7.67. The Morgan fingerprint density at radius 1 is 1.50 bits per heavy atom. The molecule has 0 aliphatic heterocycles. The van der Waals surface area contributed by atoms with Crippen LogP contribution in [0.4, 0.5) is 5.69 Å². The molecule has 0 bridgehead atoms. The monoisotopic (exact) mass is 234 g/mol. The molecule has 4 nitrogen and oxygen atoms in total. The zero-order valence-corrected chi connectivity index (χ0v) is 9.45. The standard InChI is InChI=1S/C11H10N2O2S/c1-15-11(14)7-2-3-9(12)8(6-7)10-13-4-5-16-10/h2-6H,12H2,1H3. The lowest BCUT2D eigenvalue weighted by Gasteiger charge is -2.04. The maximum Gasteiger partial charge on any atom is 0.337 e. The largest absolute Gasteiger partial charge is 0.465 e. The summed E-state index contributed by atoms with van der Waals surface area (Å²) in [5.74, 6) is -0.377. The maximum absolute atomic E-state index is 11.4. The van der Waals surface area contributed by atoms with Crippen LogP contribution in [0.3, 0.4) is 0 Å². The van der Waals surface area contributed by atoms with Gasteiger partial charge in [0.05, 0.1) is 12.7 Å². The lowest BCUT2D eigenvalue weighted by Crippen LogP contribution is -2.02. The number of rotatable bonds is 2. The average Bonchev–Trinajstić information content (AvgIpc) is 2.82. The first-order valence-electron chi connectivity index (χ1n) is 4.60. The molecule has 0 saturated heterocycles. The Bertz CT molecular complexity index is 509. The highest BCUT2D eigenvalue weighted by Crippen LogP contribution is 2.28. The Morgan fingerprint density at radius 2 is 2.31 bits per heavy atom. The SMILES string of the molecule is COC(=O)c1ccc(N)c(-c2nccs2)c1. The van der Waals surface area contributed by atoms with Crippen molar-refractivity contribution in [2.45, 2.75) is 0 Å². The van der Waals surface area contributed by atoms with Crippen molar-refractivity contribution in [2.75, 3.05) is 12.8 Å². The number of methoxy groups -OCH3 is 1. The topological polar surface area (TPSA) is 65.2 Å². The number of carbonyl (C=O) groups is 1. The van der Waals surface area contributed by atoms with E-state index in [1.807, 2.05) is 5.38 Å². The predicted octanol–water partition coefficient (Wildman–Crippen LogP) is 2.18. The first-order valence-corrected chi connectivity index (χ1v) is 5.48. The number of hydrogen-bond acceptors (Lipinski definition) is 5. The van der Waals surface area contributed by atoms with E-state index < -0.39 is 0 Å². The van der Waals surface area contributed by atoms with E-state index in [9.17, 15) is 4.79 Å². The molecule has 0 aliphatic rings. The van der Waals surface area contributed by atoms with Crippen molar-refractivity contribution < 1.29 is 9.53 Å². The molecule has 0 unspecified atom stereocenters. The van der Waals surface area contributed by atoms with E-state index >= 15 is 0 Å². The quantitative estimate of drug-likeness (QED) is 0.639. The van der Waals surface area contributed by atoms with Crippen LogP contribution in [0.15, 0.2) is 29.8 Å². The Balaban J connectivity index is 2.49. The number of esters is 1. The third kappa shape index (κ3) is 1.90. The highest BCUT2D eigenvalue weighted by molar-refractivity contribution is 7.13. The zero-order valence-electron chi connectivity index (χ0n) is 8.64. The van der Waals surface area contributed by atoms with Gasteiger partial charge in [0.2, 0.25) is 0 Å². The van der Waals surface area contributed by atoms with E-state index in [-0.39, 0.29) is 5.97 Å². The van der Waals surface area contributed by atoms with Crippen LogP contribution < -0.4 is 5.73 Å². The molecule has 1 aromatic carbocycles. The van der Waals surface area contributed by atoms with Crippen LogP contribution in [-0.4, -0.2) is 18.1 Å². The Kier molecular flexibility index (Phi) is 2.87. The highest BCUT2D eigenvalue weighted by Gasteiger charge is 2.11. The van der Waals surface area contributed by atoms with Crippen LogP contribution in [0.5, 0.6) is 0 Å². The lowest BCUT2D eigenvalue weighted by atomic mass is 10.1. The molecule has 0 aliphatic carbocycles. The number of nitrogens with zero attached hydrogens (tertiary/aromatic N) is 1. The fourth-order valence-corrected chi connectivity index (χ4v) is 2.02. The van der Waals surface area contributed by atoms with Crippen molar-refractivity contribution in [3.8, 4) is 10.6 Å². The predicted molar refractivity (Wildman–Crippen MR) is 63.3 cm³/mol. The molecule has 0 spiro atoms. The first kappa shape index (κ1) is 10.6. The van der Waals surface area contributed by atoms with Gasteiger partial charge in [-0.05, 0) is 18.2 Å². The van der Waals surface area contributed by atoms with Gasteiger partial charge in [-0.1, -0.05) is 0 Å². The summed E-state index contributed by atoms with van der Waals surface area (Å²) in [6, 6.07) is 5.02. The van der Waals surface area contributed by atoms with Crippen molar-refractivity contribution in [3.05, 3.63) is 35.3 Å². The number of ether oxygens (including phenoxy) is 1. The normalized spacial score (nSPS) is 10.1. The molecule has 16 heavy (non-hydrogen) atoms. The molecule has 2 rings (SSSR count). The Labute approximate surface area is 96.7 Å². The summed E-state index contributed by atoms with van der Waals surface area (Å²) < 4.78 is 4.65. The summed E-state index contributed by atoms with van der Waals surface area (Å²) in [4.78, 5) is 15.5. The van der Waals surface area contributed by atoms with Crippen LogP contribution in [0, 0.1) is 0 Å². The van der Waals surface area contributed by atoms with Crippen LogP contribution in [0.1, 0.15) is 10.4 Å². The van der Waals surface area contributed by atoms with Crippen molar-refractivity contribution in [3.63, 3.8) is 0 Å². The summed E-state index contributed by atoms with van der Waals surface area (Å²) in [7, 11) is 1.35. The average molecular weight is 234 g/mol. The number of anilines is 1. The molecular weight excluding hydrogens is 224 g/mol. The second-order valence-corrected chi connectivity index (χ2v) is 4.03. The molecule has 0 atom stereocenters. The third-order valence-electron chi connectivity index (χ3n) is 2.14. The van der Waals surface area contributed by atoms with Crippen LogP contribution in [0.2, 0.25) is 0 Å². The third-order valence-corrected chi connectivity index (χ3v) is 2.94. The molecule has 0 fully saturated rings. The van der Waals surface area contributed by atoms with Gasteiger partial charge in [0.1, 0.15) is 5.01 Å². The summed E-state index contributed by atoms with van der Waals surface area (Å²) >= 11 is 1.47. The fraction of sp³-hybridized carbons (Fsp3) is 0.0909. The van der Waals surface area contributed by atoms with Gasteiger partial charge in [0.25, 0.3) is 0 Å². The minimum Gasteiger partial charge on any atom is -0.465 e. The van der Waals surface area contributed by atoms with E-state index in [2.05, 4.69) is 9.72 Å². The minimum atomic E-state index is -0.377. The molecule has 5 heteroatoms. The van der Waals surface area contributed by atoms with Gasteiger partial charge in [-0.15, -0.1) is 11.3 Å². The smallest absolute Gasteiger partial charge is 0.337 e. The molecule has 0 radical (unpaired) electrons. The molecule has 82 valence electrons. The Hall–Kier alpha value is -1.88. The van der Waals surface area contributed by atoms with Gasteiger partial charge in [-0.3, -0.25) is 0 Å². The second kappa shape index (κ2) is 4.32. The van der Waals surface area contributed by atoms with Gasteiger partial charge in [0.15, 0.2) is 0 Å². The number of nitrogens with two attached hydrogens (primary N) is 1. The van der Waals surface area contributed by atoms with Gasteiger partial charge < -0.3 is 10.5 Å². The van der Waals surface area contributed by atoms with Gasteiger partial charge in [-0.2, -0.15) is 0 Å². The first-order chi connectivity index (χ1) is 7.72. The van der Waals surface area contributed by atoms with Crippen molar-refractivity contribution >= 4 is 23.0 Å². The van der Waals surface area contributed by atoms with Crippen molar-refractivity contribution in [1.29, 1.82) is 0 Å². The fourth-order valence-electron chi connectivity index (χ4n) is 1.34. The number of thiazole rings is 1. The van der Waals surface area contributed by atoms with E-state index in [0.717, 1.165) is 10.6 Å². The maximum atomic E-state index is 11.4. The van der Waals surface area contributed by atoms with Gasteiger partial charge in [0, 0.05) is 22.8 Å². The molecular formula is C11H10N2O2S. The number of carbonyl (C=O) groups excluding carboxylic acids is 1. The van der Waals surface area contributed by atoms with Crippen LogP contribution >= 0.6 is 11.3 Å². The molecule has 2 aromatic rings. The Morgan fingerprint density at radius 3 is 2.94 bits per heavy atom. The van der Waals surface area contributed by atoms with E-state index in [1.165, 1.54) is 18.4 Å². The highest BCUT2D eigenvalue weighted by atomic mass is 32.1. The summed E-state index contributed by atoms with van der Waals surface area (Å²) in [6.07, 6.45) is 1.70. The van der Waals surface area contributed by atoms with Gasteiger partial charge in [-0.25, -0.2) is 9.78 Å². The lowest BCUT2D eigenvalue weighted by molar-refractivity contribution is 0.0601. The van der Waals surface area contributed by atoms with Crippen molar-refractivity contribution in [1.82, 2.24) is 4.98 Å². The summed E-state index contributed by atoms with van der Waals surface area (Å²) in [6.45, 7) is 0. The number of hydrogen-bond donors (Lipinski definition) is 1. The number of nitrogen functional groups attached to an aromatic ring is 1. The van der Waals surface area contributed by atoms with Crippen LogP contribution in [-0.2, 0) is 4.74 Å². The molecule has 2 N–H and O–H groups in total. The second-order valence-electron chi connectivity index (χ2n) is 3.13. The molecule has 1 heterocycles. The van der Waals surface area contributed by atoms with Crippen molar-refractivity contribution in [2.24, 2.45) is 0 Å². The number of benzene rings is 1. The molecule has 0 saturated carbocycles. The minimum absolute atomic E-state index is 0.377. The van der Waals surface area contributed by atoms with Gasteiger partial charge >= 0.3 is 5.97 Å².